The van der Waals surface area contributed by atoms with Crippen LogP contribution in [0.1, 0.15) is 354 Å². The van der Waals surface area contributed by atoms with Crippen molar-refractivity contribution in [1.29, 1.82) is 0 Å². The maximum absolute atomic E-state index is 12.5. The maximum Gasteiger partial charge on any atom is 0.220 e. The van der Waals surface area contributed by atoms with E-state index in [0.717, 1.165) is 44.9 Å². The van der Waals surface area contributed by atoms with Gasteiger partial charge < -0.3 is 20.6 Å². The average molecular weight is 999 g/mol. The second-order valence-electron chi connectivity index (χ2n) is 22.3. The van der Waals surface area contributed by atoms with E-state index in [4.69, 9.17) is 0 Å². The van der Waals surface area contributed by atoms with Crippen LogP contribution in [-0.4, -0.2) is 46.1 Å². The van der Waals surface area contributed by atoms with E-state index in [1.165, 1.54) is 283 Å². The van der Waals surface area contributed by atoms with Gasteiger partial charge in [0.15, 0.2) is 0 Å². The van der Waals surface area contributed by atoms with Gasteiger partial charge in [-0.15, -0.1) is 0 Å². The second kappa shape index (κ2) is 61.1. The van der Waals surface area contributed by atoms with E-state index in [9.17, 15) is 20.1 Å². The summed E-state index contributed by atoms with van der Waals surface area (Å²) in [5, 5.41) is 33.8. The van der Waals surface area contributed by atoms with Crippen LogP contribution < -0.4 is 5.32 Å². The van der Waals surface area contributed by atoms with Crippen LogP contribution in [0.25, 0.3) is 0 Å². The molecule has 0 fully saturated rings. The maximum atomic E-state index is 12.5. The molecule has 420 valence electrons. The minimum Gasteiger partial charge on any atom is -0.394 e. The van der Waals surface area contributed by atoms with Gasteiger partial charge in [0.1, 0.15) is 6.10 Å². The van der Waals surface area contributed by atoms with Crippen molar-refractivity contribution in [2.45, 2.75) is 372 Å². The van der Waals surface area contributed by atoms with Crippen molar-refractivity contribution in [3.05, 3.63) is 36.5 Å². The van der Waals surface area contributed by atoms with Crippen LogP contribution in [0.2, 0.25) is 0 Å². The molecule has 0 aromatic heterocycles. The van der Waals surface area contributed by atoms with Crippen molar-refractivity contribution >= 4 is 5.91 Å². The predicted octanol–water partition coefficient (Wildman–Crippen LogP) is 20.6. The summed E-state index contributed by atoms with van der Waals surface area (Å²) in [6, 6.07) is -0.833. The Morgan fingerprint density at radius 1 is 0.338 bits per heavy atom. The number of carbonyl (C=O) groups excluding carboxylic acids is 1. The summed E-state index contributed by atoms with van der Waals surface area (Å²) in [4.78, 5) is 12.5. The van der Waals surface area contributed by atoms with Crippen LogP contribution in [0.4, 0.5) is 0 Å². The van der Waals surface area contributed by atoms with E-state index in [1.807, 2.05) is 0 Å². The number of hydrogen-bond acceptors (Lipinski definition) is 4. The monoisotopic (exact) mass is 998 g/mol. The first kappa shape index (κ1) is 69.6. The lowest BCUT2D eigenvalue weighted by molar-refractivity contribution is -0.124. The molecule has 1 amide bonds. The fourth-order valence-electron chi connectivity index (χ4n) is 10.2. The SMILES string of the molecule is CCCCCCCCCCCCC/C=C/CC/C=C/CCCC(O)C(O)C(CO)NC(=O)CCCCCCCCCCCCCCCCCCC/C=C\CCCCCCCCCCCCCCCCCC. The van der Waals surface area contributed by atoms with Crippen LogP contribution in [0.15, 0.2) is 36.5 Å². The van der Waals surface area contributed by atoms with Crippen molar-refractivity contribution in [2.75, 3.05) is 6.61 Å². The molecule has 0 saturated carbocycles. The van der Waals surface area contributed by atoms with Gasteiger partial charge in [0.25, 0.3) is 0 Å². The lowest BCUT2D eigenvalue weighted by Gasteiger charge is -2.26. The van der Waals surface area contributed by atoms with Crippen molar-refractivity contribution in [3.8, 4) is 0 Å². The molecule has 0 spiro atoms. The van der Waals surface area contributed by atoms with Crippen molar-refractivity contribution < 1.29 is 20.1 Å². The number of aliphatic hydroxyl groups excluding tert-OH is 3. The fourth-order valence-corrected chi connectivity index (χ4v) is 10.2. The molecule has 0 aromatic rings. The molecule has 0 radical (unpaired) electrons. The van der Waals surface area contributed by atoms with Crippen molar-refractivity contribution in [2.24, 2.45) is 0 Å². The summed E-state index contributed by atoms with van der Waals surface area (Å²) in [7, 11) is 0. The molecule has 3 unspecified atom stereocenters. The Kier molecular flexibility index (Phi) is 59.9. The quantitative estimate of drug-likeness (QED) is 0.0361. The third-order valence-corrected chi connectivity index (χ3v) is 15.2. The third-order valence-electron chi connectivity index (χ3n) is 15.2. The molecule has 0 bridgehead atoms. The zero-order valence-electron chi connectivity index (χ0n) is 48.1. The van der Waals surface area contributed by atoms with Crippen LogP contribution in [0.3, 0.4) is 0 Å². The van der Waals surface area contributed by atoms with Gasteiger partial charge in [-0.3, -0.25) is 4.79 Å². The van der Waals surface area contributed by atoms with Gasteiger partial charge in [-0.05, 0) is 77.0 Å². The number of allylic oxidation sites excluding steroid dienone is 6. The van der Waals surface area contributed by atoms with Gasteiger partial charge >= 0.3 is 0 Å². The lowest BCUT2D eigenvalue weighted by Crippen LogP contribution is -2.50. The first-order valence-electron chi connectivity index (χ1n) is 32.3. The number of hydrogen-bond donors (Lipinski definition) is 4. The number of amides is 1. The molecule has 0 heterocycles. The minimum absolute atomic E-state index is 0.153. The highest BCUT2D eigenvalue weighted by Gasteiger charge is 2.26. The third kappa shape index (κ3) is 56.1. The molecule has 0 aliphatic heterocycles. The van der Waals surface area contributed by atoms with E-state index in [-0.39, 0.29) is 12.5 Å². The first-order chi connectivity index (χ1) is 35.1. The number of carbonyl (C=O) groups is 1. The highest BCUT2D eigenvalue weighted by Crippen LogP contribution is 2.18. The first-order valence-corrected chi connectivity index (χ1v) is 32.3. The Balaban J connectivity index is 3.49. The Morgan fingerprint density at radius 2 is 0.577 bits per heavy atom. The van der Waals surface area contributed by atoms with E-state index in [1.54, 1.807) is 0 Å². The number of nitrogens with one attached hydrogen (secondary N) is 1. The second-order valence-corrected chi connectivity index (χ2v) is 22.3. The van der Waals surface area contributed by atoms with Crippen molar-refractivity contribution in [1.82, 2.24) is 5.32 Å². The molecular weight excluding hydrogens is 871 g/mol. The Hall–Kier alpha value is -1.43. The highest BCUT2D eigenvalue weighted by molar-refractivity contribution is 5.76. The van der Waals surface area contributed by atoms with Gasteiger partial charge in [0.05, 0.1) is 18.8 Å². The zero-order valence-corrected chi connectivity index (χ0v) is 48.1. The summed E-state index contributed by atoms with van der Waals surface area (Å²) in [5.74, 6) is -0.153. The number of rotatable bonds is 60. The molecule has 0 aromatic carbocycles. The van der Waals surface area contributed by atoms with Gasteiger partial charge in [0, 0.05) is 6.42 Å². The van der Waals surface area contributed by atoms with Crippen LogP contribution in [-0.2, 0) is 4.79 Å². The summed E-state index contributed by atoms with van der Waals surface area (Å²) < 4.78 is 0. The summed E-state index contributed by atoms with van der Waals surface area (Å²) >= 11 is 0. The summed E-state index contributed by atoms with van der Waals surface area (Å²) in [5.41, 5.74) is 0. The van der Waals surface area contributed by atoms with Crippen LogP contribution in [0, 0.1) is 0 Å². The number of aliphatic hydroxyl groups is 3. The van der Waals surface area contributed by atoms with Crippen LogP contribution >= 0.6 is 0 Å². The molecule has 0 saturated heterocycles. The predicted molar refractivity (Wildman–Crippen MR) is 314 cm³/mol. The van der Waals surface area contributed by atoms with E-state index >= 15 is 0 Å². The molecule has 0 rings (SSSR count). The molecular formula is C66H127NO4. The average Bonchev–Trinajstić information content (AvgIpc) is 3.37. The van der Waals surface area contributed by atoms with Gasteiger partial charge in [-0.25, -0.2) is 0 Å². The largest absolute Gasteiger partial charge is 0.394 e. The van der Waals surface area contributed by atoms with Gasteiger partial charge in [0.2, 0.25) is 5.91 Å². The normalized spacial score (nSPS) is 13.4. The Bertz CT molecular complexity index is 1100. The Morgan fingerprint density at radius 3 is 0.859 bits per heavy atom. The molecule has 71 heavy (non-hydrogen) atoms. The van der Waals surface area contributed by atoms with E-state index < -0.39 is 18.2 Å². The minimum atomic E-state index is -1.17. The van der Waals surface area contributed by atoms with Crippen molar-refractivity contribution in [3.63, 3.8) is 0 Å². The Labute approximate surface area is 444 Å². The van der Waals surface area contributed by atoms with E-state index in [2.05, 4.69) is 55.6 Å². The topological polar surface area (TPSA) is 89.8 Å². The molecule has 5 heteroatoms. The number of unbranched alkanes of at least 4 members (excludes halogenated alkanes) is 46. The van der Waals surface area contributed by atoms with Crippen LogP contribution in [0.5, 0.6) is 0 Å². The molecule has 4 N–H and O–H groups in total. The van der Waals surface area contributed by atoms with Gasteiger partial charge in [-0.2, -0.15) is 0 Å². The van der Waals surface area contributed by atoms with Gasteiger partial charge in [-0.1, -0.05) is 307 Å². The summed E-state index contributed by atoms with van der Waals surface area (Å²) in [6.45, 7) is 4.20. The molecule has 0 aliphatic carbocycles. The zero-order chi connectivity index (χ0) is 51.4. The lowest BCUT2D eigenvalue weighted by atomic mass is 10.0. The molecule has 5 nitrogen and oxygen atoms in total. The smallest absolute Gasteiger partial charge is 0.220 e. The molecule has 3 atom stereocenters. The fraction of sp³-hybridized carbons (Fsp3) is 0.894. The highest BCUT2D eigenvalue weighted by atomic mass is 16.3. The standard InChI is InChI=1S/C66H127NO4/c1-3-5-7-9-11-13-15-17-19-21-23-25-26-27-28-29-30-31-32-33-34-35-36-37-38-39-40-41-43-45-47-49-51-53-55-57-59-61-65(70)67-63(62-68)66(71)64(69)60-58-56-54-52-50-48-46-44-42-24-22-20-18-16-14-12-10-8-6-4-2/h31-32,44,46,52,54,63-64,66,68-69,71H,3-30,33-43,45,47-51,53,55-62H2,1-2H3,(H,67,70)/b32-31-,46-44+,54-52+. The van der Waals surface area contributed by atoms with E-state index in [0.29, 0.717) is 12.8 Å². The summed E-state index contributed by atoms with van der Waals surface area (Å²) in [6.07, 6.45) is 80.6. The molecule has 0 aliphatic rings.